The molecule has 0 aromatic heterocycles. The highest BCUT2D eigenvalue weighted by atomic mass is 15.2. The standard InChI is InChI=1S/C14H23N3/c1-16(2)9-7-15-8-10-17-11-13-5-3-4-6-14(13)12-17/h3-6,15H,7-12H2,1-2H3. The predicted molar refractivity (Wildman–Crippen MR) is 72.0 cm³/mol. The quantitative estimate of drug-likeness (QED) is 0.744. The summed E-state index contributed by atoms with van der Waals surface area (Å²) in [6.07, 6.45) is 0. The molecular weight excluding hydrogens is 210 g/mol. The van der Waals surface area contributed by atoms with Crippen LogP contribution in [0.1, 0.15) is 11.1 Å². The highest BCUT2D eigenvalue weighted by Crippen LogP contribution is 2.21. The molecule has 1 aromatic carbocycles. The number of nitrogens with zero attached hydrogens (tertiary/aromatic N) is 2. The average molecular weight is 233 g/mol. The molecule has 0 aliphatic carbocycles. The third kappa shape index (κ3) is 3.80. The molecule has 0 amide bonds. The van der Waals surface area contributed by atoms with Gasteiger partial charge in [0.1, 0.15) is 0 Å². The first-order valence-electron chi connectivity index (χ1n) is 6.40. The fourth-order valence-electron chi connectivity index (χ4n) is 2.23. The van der Waals surface area contributed by atoms with Crippen molar-refractivity contribution in [2.75, 3.05) is 40.3 Å². The summed E-state index contributed by atoms with van der Waals surface area (Å²) >= 11 is 0. The predicted octanol–water partition coefficient (Wildman–Crippen LogP) is 1.15. The molecule has 0 fully saturated rings. The Kier molecular flexibility index (Phi) is 4.54. The van der Waals surface area contributed by atoms with Gasteiger partial charge in [-0.05, 0) is 25.2 Å². The Hall–Kier alpha value is -0.900. The SMILES string of the molecule is CN(C)CCNCCN1Cc2ccccc2C1. The topological polar surface area (TPSA) is 18.5 Å². The van der Waals surface area contributed by atoms with Crippen LogP contribution in [0.2, 0.25) is 0 Å². The van der Waals surface area contributed by atoms with E-state index in [0.29, 0.717) is 0 Å². The summed E-state index contributed by atoms with van der Waals surface area (Å²) in [6, 6.07) is 8.76. The van der Waals surface area contributed by atoms with E-state index in [-0.39, 0.29) is 0 Å². The van der Waals surface area contributed by atoms with Crippen molar-refractivity contribution in [3.05, 3.63) is 35.4 Å². The summed E-state index contributed by atoms with van der Waals surface area (Å²) in [6.45, 7) is 6.65. The first-order chi connectivity index (χ1) is 8.25. The zero-order chi connectivity index (χ0) is 12.1. The van der Waals surface area contributed by atoms with Gasteiger partial charge in [0.15, 0.2) is 0 Å². The van der Waals surface area contributed by atoms with E-state index in [1.165, 1.54) is 11.1 Å². The average Bonchev–Trinajstić information content (AvgIpc) is 2.70. The molecule has 2 rings (SSSR count). The zero-order valence-corrected chi connectivity index (χ0v) is 10.9. The molecule has 0 spiro atoms. The molecule has 0 saturated heterocycles. The van der Waals surface area contributed by atoms with Gasteiger partial charge in [-0.3, -0.25) is 4.90 Å². The van der Waals surface area contributed by atoms with E-state index in [9.17, 15) is 0 Å². The Balaban J connectivity index is 1.63. The molecule has 3 heteroatoms. The molecule has 1 aliphatic heterocycles. The summed E-state index contributed by atoms with van der Waals surface area (Å²) in [7, 11) is 4.22. The maximum Gasteiger partial charge on any atom is 0.0241 e. The summed E-state index contributed by atoms with van der Waals surface area (Å²) in [5, 5.41) is 3.49. The maximum absolute atomic E-state index is 3.49. The minimum Gasteiger partial charge on any atom is -0.314 e. The zero-order valence-electron chi connectivity index (χ0n) is 10.9. The van der Waals surface area contributed by atoms with E-state index in [1.807, 2.05) is 0 Å². The van der Waals surface area contributed by atoms with Gasteiger partial charge >= 0.3 is 0 Å². The Bertz CT molecular complexity index is 324. The molecule has 1 heterocycles. The monoisotopic (exact) mass is 233 g/mol. The summed E-state index contributed by atoms with van der Waals surface area (Å²) in [4.78, 5) is 4.71. The van der Waals surface area contributed by atoms with E-state index in [4.69, 9.17) is 0 Å². The normalized spacial score (nSPS) is 15.5. The first-order valence-corrected chi connectivity index (χ1v) is 6.40. The lowest BCUT2D eigenvalue weighted by Gasteiger charge is -2.16. The minimum absolute atomic E-state index is 1.08. The van der Waals surface area contributed by atoms with Gasteiger partial charge in [-0.25, -0.2) is 0 Å². The van der Waals surface area contributed by atoms with Crippen molar-refractivity contribution < 1.29 is 0 Å². The second-order valence-electron chi connectivity index (χ2n) is 5.03. The number of fused-ring (bicyclic) bond motifs is 1. The van der Waals surface area contributed by atoms with Crippen molar-refractivity contribution in [1.82, 2.24) is 15.1 Å². The lowest BCUT2D eigenvalue weighted by atomic mass is 10.1. The second kappa shape index (κ2) is 6.15. The van der Waals surface area contributed by atoms with Crippen molar-refractivity contribution in [3.8, 4) is 0 Å². The van der Waals surface area contributed by atoms with Gasteiger partial charge in [0.05, 0.1) is 0 Å². The highest BCUT2D eigenvalue weighted by Gasteiger charge is 2.16. The van der Waals surface area contributed by atoms with Gasteiger partial charge in [-0.15, -0.1) is 0 Å². The van der Waals surface area contributed by atoms with Crippen LogP contribution in [-0.4, -0.2) is 50.1 Å². The van der Waals surface area contributed by atoms with Gasteiger partial charge < -0.3 is 10.2 Å². The molecule has 94 valence electrons. The molecule has 0 saturated carbocycles. The van der Waals surface area contributed by atoms with Crippen LogP contribution in [0.4, 0.5) is 0 Å². The number of likely N-dealkylation sites (N-methyl/N-ethyl adjacent to an activating group) is 1. The molecular formula is C14H23N3. The second-order valence-corrected chi connectivity index (χ2v) is 5.03. The van der Waals surface area contributed by atoms with Crippen LogP contribution in [0, 0.1) is 0 Å². The highest BCUT2D eigenvalue weighted by molar-refractivity contribution is 5.30. The van der Waals surface area contributed by atoms with E-state index in [2.05, 4.69) is 53.5 Å². The molecule has 17 heavy (non-hydrogen) atoms. The third-order valence-electron chi connectivity index (χ3n) is 3.25. The van der Waals surface area contributed by atoms with Gasteiger partial charge in [0.2, 0.25) is 0 Å². The summed E-state index contributed by atoms with van der Waals surface area (Å²) in [5.41, 5.74) is 3.00. The summed E-state index contributed by atoms with van der Waals surface area (Å²) in [5.74, 6) is 0. The van der Waals surface area contributed by atoms with Crippen LogP contribution in [0.5, 0.6) is 0 Å². The number of hydrogen-bond acceptors (Lipinski definition) is 3. The fourth-order valence-corrected chi connectivity index (χ4v) is 2.23. The Morgan fingerprint density at radius 1 is 1.12 bits per heavy atom. The lowest BCUT2D eigenvalue weighted by Crippen LogP contribution is -2.32. The Morgan fingerprint density at radius 3 is 2.35 bits per heavy atom. The minimum atomic E-state index is 1.08. The first kappa shape index (κ1) is 12.6. The maximum atomic E-state index is 3.49. The number of nitrogens with one attached hydrogen (secondary N) is 1. The smallest absolute Gasteiger partial charge is 0.0241 e. The lowest BCUT2D eigenvalue weighted by molar-refractivity contribution is 0.280. The van der Waals surface area contributed by atoms with Crippen molar-refractivity contribution >= 4 is 0 Å². The van der Waals surface area contributed by atoms with Crippen molar-refractivity contribution in [2.24, 2.45) is 0 Å². The van der Waals surface area contributed by atoms with Gasteiger partial charge in [-0.1, -0.05) is 24.3 Å². The van der Waals surface area contributed by atoms with Gasteiger partial charge in [-0.2, -0.15) is 0 Å². The largest absolute Gasteiger partial charge is 0.314 e. The van der Waals surface area contributed by atoms with Gasteiger partial charge in [0.25, 0.3) is 0 Å². The Morgan fingerprint density at radius 2 is 1.76 bits per heavy atom. The molecule has 3 nitrogen and oxygen atoms in total. The van der Waals surface area contributed by atoms with Crippen LogP contribution in [0.15, 0.2) is 24.3 Å². The van der Waals surface area contributed by atoms with Gasteiger partial charge in [0, 0.05) is 39.3 Å². The molecule has 1 aromatic rings. The van der Waals surface area contributed by atoms with E-state index in [0.717, 1.165) is 39.3 Å². The molecule has 1 N–H and O–H groups in total. The number of benzene rings is 1. The fraction of sp³-hybridized carbons (Fsp3) is 0.571. The Labute approximate surface area is 104 Å². The van der Waals surface area contributed by atoms with Crippen LogP contribution in [0.25, 0.3) is 0 Å². The van der Waals surface area contributed by atoms with Crippen molar-refractivity contribution in [1.29, 1.82) is 0 Å². The third-order valence-corrected chi connectivity index (χ3v) is 3.25. The van der Waals surface area contributed by atoms with Crippen LogP contribution in [-0.2, 0) is 13.1 Å². The van der Waals surface area contributed by atoms with E-state index in [1.54, 1.807) is 0 Å². The van der Waals surface area contributed by atoms with Crippen LogP contribution >= 0.6 is 0 Å². The van der Waals surface area contributed by atoms with Crippen molar-refractivity contribution in [2.45, 2.75) is 13.1 Å². The number of hydrogen-bond donors (Lipinski definition) is 1. The molecule has 1 aliphatic rings. The van der Waals surface area contributed by atoms with Crippen LogP contribution in [0.3, 0.4) is 0 Å². The van der Waals surface area contributed by atoms with Crippen LogP contribution < -0.4 is 5.32 Å². The molecule has 0 unspecified atom stereocenters. The molecule has 0 atom stereocenters. The van der Waals surface area contributed by atoms with E-state index < -0.39 is 0 Å². The number of rotatable bonds is 6. The van der Waals surface area contributed by atoms with E-state index >= 15 is 0 Å². The van der Waals surface area contributed by atoms with Crippen molar-refractivity contribution in [3.63, 3.8) is 0 Å². The molecule has 0 radical (unpaired) electrons. The summed E-state index contributed by atoms with van der Waals surface area (Å²) < 4.78 is 0. The molecule has 0 bridgehead atoms.